The molecule has 0 bridgehead atoms. The van der Waals surface area contributed by atoms with Crippen LogP contribution in [0.5, 0.6) is 0 Å². The molecule has 100 valence electrons. The molecule has 1 aromatic rings. The van der Waals surface area contributed by atoms with Crippen molar-refractivity contribution in [1.29, 1.82) is 0 Å². The number of carboxylic acid groups (broad SMARTS) is 1. The van der Waals surface area contributed by atoms with Crippen LogP contribution in [0.2, 0.25) is 0 Å². The lowest BCUT2D eigenvalue weighted by Crippen LogP contribution is -2.49. The van der Waals surface area contributed by atoms with Gasteiger partial charge in [-0.2, -0.15) is 0 Å². The SMILES string of the molecule is Cc1nc(C)c(C(=O)N[C@H](C(=O)O)C(C)(C)C)s1. The first-order chi connectivity index (χ1) is 8.12. The number of carbonyl (C=O) groups is 2. The van der Waals surface area contributed by atoms with Crippen LogP contribution in [0.4, 0.5) is 0 Å². The average Bonchev–Trinajstić information content (AvgIpc) is 2.51. The number of nitrogens with zero attached hydrogens (tertiary/aromatic N) is 1. The monoisotopic (exact) mass is 270 g/mol. The van der Waals surface area contributed by atoms with E-state index in [2.05, 4.69) is 10.3 Å². The summed E-state index contributed by atoms with van der Waals surface area (Å²) in [6.45, 7) is 8.88. The highest BCUT2D eigenvalue weighted by Gasteiger charge is 2.33. The van der Waals surface area contributed by atoms with E-state index in [1.54, 1.807) is 27.7 Å². The summed E-state index contributed by atoms with van der Waals surface area (Å²) in [4.78, 5) is 27.8. The fourth-order valence-electron chi connectivity index (χ4n) is 1.59. The summed E-state index contributed by atoms with van der Waals surface area (Å²) in [6, 6.07) is -0.924. The van der Waals surface area contributed by atoms with Crippen LogP contribution >= 0.6 is 11.3 Å². The second-order valence-electron chi connectivity index (χ2n) is 5.26. The minimum absolute atomic E-state index is 0.375. The zero-order chi connectivity index (χ0) is 14.1. The van der Waals surface area contributed by atoms with E-state index in [1.807, 2.05) is 6.92 Å². The van der Waals surface area contributed by atoms with Gasteiger partial charge in [-0.1, -0.05) is 20.8 Å². The summed E-state index contributed by atoms with van der Waals surface area (Å²) in [5, 5.41) is 12.5. The topological polar surface area (TPSA) is 79.3 Å². The van der Waals surface area contributed by atoms with Gasteiger partial charge in [0.05, 0.1) is 10.7 Å². The van der Waals surface area contributed by atoms with Crippen molar-refractivity contribution in [1.82, 2.24) is 10.3 Å². The molecule has 5 nitrogen and oxygen atoms in total. The summed E-state index contributed by atoms with van der Waals surface area (Å²) in [7, 11) is 0. The molecule has 1 atom stereocenters. The Balaban J connectivity index is 2.93. The molecule has 0 aliphatic rings. The second kappa shape index (κ2) is 5.06. The van der Waals surface area contributed by atoms with Gasteiger partial charge < -0.3 is 10.4 Å². The van der Waals surface area contributed by atoms with Gasteiger partial charge in [0.25, 0.3) is 5.91 Å². The fraction of sp³-hybridized carbons (Fsp3) is 0.583. The number of thiazole rings is 1. The summed E-state index contributed by atoms with van der Waals surface area (Å²) < 4.78 is 0. The molecule has 0 saturated heterocycles. The predicted molar refractivity (Wildman–Crippen MR) is 69.9 cm³/mol. The van der Waals surface area contributed by atoms with Crippen LogP contribution in [-0.2, 0) is 4.79 Å². The van der Waals surface area contributed by atoms with Crippen LogP contribution in [0.15, 0.2) is 0 Å². The van der Waals surface area contributed by atoms with Crippen LogP contribution in [0.25, 0.3) is 0 Å². The molecule has 1 aromatic heterocycles. The third kappa shape index (κ3) is 3.29. The van der Waals surface area contributed by atoms with Crippen molar-refractivity contribution in [2.45, 2.75) is 40.7 Å². The van der Waals surface area contributed by atoms with Crippen molar-refractivity contribution in [2.75, 3.05) is 0 Å². The molecule has 2 N–H and O–H groups in total. The second-order valence-corrected chi connectivity index (χ2v) is 6.46. The van der Waals surface area contributed by atoms with E-state index in [1.165, 1.54) is 11.3 Å². The number of rotatable bonds is 3. The molecule has 0 fully saturated rings. The van der Waals surface area contributed by atoms with Crippen molar-refractivity contribution in [3.63, 3.8) is 0 Å². The lowest BCUT2D eigenvalue weighted by atomic mass is 9.87. The first-order valence-electron chi connectivity index (χ1n) is 5.60. The fourth-order valence-corrected chi connectivity index (χ4v) is 2.41. The molecule has 1 amide bonds. The largest absolute Gasteiger partial charge is 0.480 e. The van der Waals surface area contributed by atoms with Crippen LogP contribution < -0.4 is 5.32 Å². The summed E-state index contributed by atoms with van der Waals surface area (Å²) in [5.41, 5.74) is 0.0860. The van der Waals surface area contributed by atoms with Crippen LogP contribution in [0.3, 0.4) is 0 Å². The van der Waals surface area contributed by atoms with E-state index >= 15 is 0 Å². The third-order valence-electron chi connectivity index (χ3n) is 2.50. The molecule has 0 unspecified atom stereocenters. The number of hydrogen-bond acceptors (Lipinski definition) is 4. The molecule has 1 heterocycles. The molecule has 6 heteroatoms. The normalized spacial score (nSPS) is 13.2. The quantitative estimate of drug-likeness (QED) is 0.880. The number of aliphatic carboxylic acids is 1. The summed E-state index contributed by atoms with van der Waals surface area (Å²) in [5.74, 6) is -1.41. The number of nitrogens with one attached hydrogen (secondary N) is 1. The molecule has 18 heavy (non-hydrogen) atoms. The predicted octanol–water partition coefficient (Wildman–Crippen LogP) is 1.99. The molecular weight excluding hydrogens is 252 g/mol. The first kappa shape index (κ1) is 14.6. The Morgan fingerprint density at radius 2 is 1.89 bits per heavy atom. The van der Waals surface area contributed by atoms with Gasteiger partial charge in [-0.25, -0.2) is 9.78 Å². The number of hydrogen-bond donors (Lipinski definition) is 2. The summed E-state index contributed by atoms with van der Waals surface area (Å²) in [6.07, 6.45) is 0. The Kier molecular flexibility index (Phi) is 4.11. The van der Waals surface area contributed by atoms with Crippen LogP contribution in [0.1, 0.15) is 41.1 Å². The molecule has 0 spiro atoms. The van der Waals surface area contributed by atoms with Gasteiger partial charge in [0.15, 0.2) is 0 Å². The lowest BCUT2D eigenvalue weighted by molar-refractivity contribution is -0.142. The van der Waals surface area contributed by atoms with E-state index in [-0.39, 0.29) is 5.91 Å². The number of amides is 1. The minimum Gasteiger partial charge on any atom is -0.480 e. The molecule has 0 radical (unpaired) electrons. The zero-order valence-corrected chi connectivity index (χ0v) is 12.0. The van der Waals surface area contributed by atoms with Crippen molar-refractivity contribution < 1.29 is 14.7 Å². The Morgan fingerprint density at radius 3 is 2.22 bits per heavy atom. The average molecular weight is 270 g/mol. The number of carboxylic acids is 1. The Morgan fingerprint density at radius 1 is 1.33 bits per heavy atom. The third-order valence-corrected chi connectivity index (χ3v) is 3.57. The van der Waals surface area contributed by atoms with Crippen LogP contribution in [-0.4, -0.2) is 28.0 Å². The van der Waals surface area contributed by atoms with Gasteiger partial charge in [-0.05, 0) is 19.3 Å². The standard InChI is InChI=1S/C12H18N2O3S/c1-6-8(18-7(2)13-6)10(15)14-9(11(16)17)12(3,4)5/h9H,1-5H3,(H,14,15)(H,16,17)/t9-/m1/s1. The van der Waals surface area contributed by atoms with E-state index in [4.69, 9.17) is 5.11 Å². The Bertz CT molecular complexity index is 474. The van der Waals surface area contributed by atoms with Gasteiger partial charge in [-0.15, -0.1) is 11.3 Å². The molecule has 0 aliphatic heterocycles. The zero-order valence-electron chi connectivity index (χ0n) is 11.2. The van der Waals surface area contributed by atoms with Crippen molar-refractivity contribution >= 4 is 23.2 Å². The number of carbonyl (C=O) groups excluding carboxylic acids is 1. The molecule has 0 saturated carbocycles. The van der Waals surface area contributed by atoms with Gasteiger partial charge in [0.2, 0.25) is 0 Å². The van der Waals surface area contributed by atoms with Crippen LogP contribution in [0, 0.1) is 19.3 Å². The van der Waals surface area contributed by atoms with Gasteiger partial charge >= 0.3 is 5.97 Å². The van der Waals surface area contributed by atoms with Crippen molar-refractivity contribution in [2.24, 2.45) is 5.41 Å². The Labute approximate surface area is 110 Å². The smallest absolute Gasteiger partial charge is 0.326 e. The highest BCUT2D eigenvalue weighted by Crippen LogP contribution is 2.22. The van der Waals surface area contributed by atoms with Crippen molar-refractivity contribution in [3.05, 3.63) is 15.6 Å². The Hall–Kier alpha value is -1.43. The van der Waals surface area contributed by atoms with Crippen molar-refractivity contribution in [3.8, 4) is 0 Å². The number of aryl methyl sites for hydroxylation is 2. The van der Waals surface area contributed by atoms with E-state index in [0.717, 1.165) is 5.01 Å². The number of aromatic nitrogens is 1. The molecule has 1 rings (SSSR count). The highest BCUT2D eigenvalue weighted by molar-refractivity contribution is 7.13. The van der Waals surface area contributed by atoms with E-state index in [9.17, 15) is 9.59 Å². The van der Waals surface area contributed by atoms with Gasteiger partial charge in [0.1, 0.15) is 10.9 Å². The summed E-state index contributed by atoms with van der Waals surface area (Å²) >= 11 is 1.27. The van der Waals surface area contributed by atoms with Gasteiger partial charge in [-0.3, -0.25) is 4.79 Å². The molecular formula is C12H18N2O3S. The highest BCUT2D eigenvalue weighted by atomic mass is 32.1. The maximum Gasteiger partial charge on any atom is 0.326 e. The van der Waals surface area contributed by atoms with E-state index in [0.29, 0.717) is 10.6 Å². The maximum atomic E-state index is 12.0. The molecule has 0 aromatic carbocycles. The van der Waals surface area contributed by atoms with E-state index < -0.39 is 17.4 Å². The lowest BCUT2D eigenvalue weighted by Gasteiger charge is -2.27. The first-order valence-corrected chi connectivity index (χ1v) is 6.42. The molecule has 0 aliphatic carbocycles. The minimum atomic E-state index is -1.03. The van der Waals surface area contributed by atoms with Gasteiger partial charge in [0, 0.05) is 0 Å². The maximum absolute atomic E-state index is 12.0.